The van der Waals surface area contributed by atoms with Crippen LogP contribution < -0.4 is 5.32 Å². The molecule has 0 heterocycles. The molecule has 0 amide bonds. The van der Waals surface area contributed by atoms with Crippen LogP contribution in [-0.2, 0) is 0 Å². The van der Waals surface area contributed by atoms with E-state index in [0.29, 0.717) is 0 Å². The summed E-state index contributed by atoms with van der Waals surface area (Å²) in [6.45, 7) is 6.57. The molecule has 86 valence electrons. The first-order valence-corrected chi connectivity index (χ1v) is 5.65. The topological polar surface area (TPSA) is 15.0 Å². The van der Waals surface area contributed by atoms with Gasteiger partial charge in [0.05, 0.1) is 0 Å². The molecule has 0 rings (SSSR count). The molecule has 0 radical (unpaired) electrons. The van der Waals surface area contributed by atoms with Gasteiger partial charge in [0.1, 0.15) is 14.1 Å². The summed E-state index contributed by atoms with van der Waals surface area (Å²) in [5.74, 6) is 0. The third-order valence-electron chi connectivity index (χ3n) is 2.48. The lowest BCUT2D eigenvalue weighted by atomic mass is 10.0. The number of hydrogen-bond donors (Lipinski definition) is 1. The lowest BCUT2D eigenvalue weighted by Crippen LogP contribution is -2.11. The number of likely N-dealkylation sites (N-methyl/N-ethyl adjacent to an activating group) is 1. The van der Waals surface area contributed by atoms with Crippen molar-refractivity contribution in [2.75, 3.05) is 21.1 Å². The third-order valence-corrected chi connectivity index (χ3v) is 2.48. The quantitative estimate of drug-likeness (QED) is 0.418. The highest BCUT2D eigenvalue weighted by molar-refractivity contribution is 5.69. The van der Waals surface area contributed by atoms with Crippen LogP contribution in [0.25, 0.3) is 0 Å². The summed E-state index contributed by atoms with van der Waals surface area (Å²) in [5, 5.41) is 3.30. The number of nitrogens with one attached hydrogen (secondary N) is 1. The minimum absolute atomic E-state index is 1.05. The molecule has 1 N–H and O–H groups in total. The molecule has 0 aliphatic carbocycles. The Hall–Kier alpha value is -1.05. The lowest BCUT2D eigenvalue weighted by Gasteiger charge is -2.12. The largest absolute Gasteiger partial charge is 0.388 e. The van der Waals surface area contributed by atoms with E-state index in [1.54, 1.807) is 0 Å². The molecule has 2 heteroatoms. The first-order valence-electron chi connectivity index (χ1n) is 5.65. The maximum atomic E-state index is 3.30. The lowest BCUT2D eigenvalue weighted by molar-refractivity contribution is -0.458. The van der Waals surface area contributed by atoms with Gasteiger partial charge in [-0.1, -0.05) is 19.4 Å². The monoisotopic (exact) mass is 209 g/mol. The maximum Gasteiger partial charge on any atom is 0.163 e. The van der Waals surface area contributed by atoms with E-state index in [9.17, 15) is 0 Å². The van der Waals surface area contributed by atoms with Crippen LogP contribution in [0.5, 0.6) is 0 Å². The summed E-state index contributed by atoms with van der Waals surface area (Å²) >= 11 is 0. The predicted molar refractivity (Wildman–Crippen MR) is 68.6 cm³/mol. The van der Waals surface area contributed by atoms with E-state index < -0.39 is 0 Å². The molecule has 0 aliphatic heterocycles. The maximum absolute atomic E-state index is 3.30. The van der Waals surface area contributed by atoms with Crippen molar-refractivity contribution in [3.05, 3.63) is 22.9 Å². The van der Waals surface area contributed by atoms with Gasteiger partial charge in [0.25, 0.3) is 0 Å². The van der Waals surface area contributed by atoms with Crippen molar-refractivity contribution in [2.45, 2.75) is 33.6 Å². The summed E-state index contributed by atoms with van der Waals surface area (Å²) in [4.78, 5) is 0. The van der Waals surface area contributed by atoms with Crippen molar-refractivity contribution in [3.63, 3.8) is 0 Å². The summed E-state index contributed by atoms with van der Waals surface area (Å²) in [6, 6.07) is 0. The fraction of sp³-hybridized carbons (Fsp3) is 0.615. The second kappa shape index (κ2) is 7.27. The molecule has 0 spiro atoms. The van der Waals surface area contributed by atoms with Gasteiger partial charge < -0.3 is 5.32 Å². The Morgan fingerprint density at radius 2 is 1.80 bits per heavy atom. The van der Waals surface area contributed by atoms with Crippen molar-refractivity contribution >= 4 is 6.21 Å². The van der Waals surface area contributed by atoms with Gasteiger partial charge in [0.2, 0.25) is 0 Å². The van der Waals surface area contributed by atoms with E-state index in [1.807, 2.05) is 21.1 Å². The van der Waals surface area contributed by atoms with Gasteiger partial charge in [-0.15, -0.1) is 0 Å². The highest BCUT2D eigenvalue weighted by atomic mass is 14.9. The molecule has 0 atom stereocenters. The highest BCUT2D eigenvalue weighted by Gasteiger charge is 2.04. The zero-order valence-electron chi connectivity index (χ0n) is 11.0. The van der Waals surface area contributed by atoms with E-state index in [-0.39, 0.29) is 0 Å². The zero-order chi connectivity index (χ0) is 11.8. The van der Waals surface area contributed by atoms with Gasteiger partial charge in [-0.3, -0.25) is 0 Å². The normalized spacial score (nSPS) is 13.3. The molecular weight excluding hydrogens is 184 g/mol. The molecule has 15 heavy (non-hydrogen) atoms. The summed E-state index contributed by atoms with van der Waals surface area (Å²) in [7, 11) is 6.08. The molecule has 0 aromatic carbocycles. The second-order valence-corrected chi connectivity index (χ2v) is 3.92. The van der Waals surface area contributed by atoms with Crippen molar-refractivity contribution in [1.29, 1.82) is 0 Å². The third kappa shape index (κ3) is 4.82. The molecule has 0 fully saturated rings. The fourth-order valence-electron chi connectivity index (χ4n) is 1.44. The zero-order valence-corrected chi connectivity index (χ0v) is 11.0. The van der Waals surface area contributed by atoms with Gasteiger partial charge in [-0.05, 0) is 25.3 Å². The number of allylic oxidation sites excluding steroid dienone is 3. The smallest absolute Gasteiger partial charge is 0.163 e. The van der Waals surface area contributed by atoms with Crippen LogP contribution in [0.4, 0.5) is 0 Å². The van der Waals surface area contributed by atoms with Gasteiger partial charge in [0, 0.05) is 18.8 Å². The standard InChI is InChI=1S/C13H25N2/c1-7-11(3)13(14-4)12(8-2)9-10-15(5)6/h9-10,14H,7-8H2,1-6H3/q+1. The van der Waals surface area contributed by atoms with Gasteiger partial charge in [-0.2, -0.15) is 0 Å². The molecule has 0 aromatic rings. The molecule has 0 saturated carbocycles. The van der Waals surface area contributed by atoms with E-state index in [4.69, 9.17) is 0 Å². The summed E-state index contributed by atoms with van der Waals surface area (Å²) < 4.78 is 2.06. The average Bonchev–Trinajstić information content (AvgIpc) is 2.22. The Morgan fingerprint density at radius 3 is 2.13 bits per heavy atom. The summed E-state index contributed by atoms with van der Waals surface area (Å²) in [5.41, 5.74) is 4.07. The fourth-order valence-corrected chi connectivity index (χ4v) is 1.44. The van der Waals surface area contributed by atoms with Crippen molar-refractivity contribution in [2.24, 2.45) is 0 Å². The Morgan fingerprint density at radius 1 is 1.20 bits per heavy atom. The number of rotatable bonds is 5. The number of hydrogen-bond acceptors (Lipinski definition) is 1. The van der Waals surface area contributed by atoms with Crippen LogP contribution in [-0.4, -0.2) is 31.9 Å². The Kier molecular flexibility index (Phi) is 6.76. The van der Waals surface area contributed by atoms with Crippen LogP contribution in [0.2, 0.25) is 0 Å². The molecular formula is C13H25N2+. The Bertz CT molecular complexity index is 279. The van der Waals surface area contributed by atoms with Crippen molar-refractivity contribution in [3.8, 4) is 0 Å². The second-order valence-electron chi connectivity index (χ2n) is 3.92. The van der Waals surface area contributed by atoms with Crippen molar-refractivity contribution < 1.29 is 4.58 Å². The van der Waals surface area contributed by atoms with E-state index in [1.165, 1.54) is 16.8 Å². The van der Waals surface area contributed by atoms with Crippen LogP contribution in [0, 0.1) is 0 Å². The molecule has 0 aromatic heterocycles. The average molecular weight is 209 g/mol. The first-order chi connectivity index (χ1) is 7.06. The van der Waals surface area contributed by atoms with E-state index >= 15 is 0 Å². The minimum atomic E-state index is 1.05. The highest BCUT2D eigenvalue weighted by Crippen LogP contribution is 2.16. The van der Waals surface area contributed by atoms with Crippen LogP contribution >= 0.6 is 0 Å². The van der Waals surface area contributed by atoms with Gasteiger partial charge in [-0.25, -0.2) is 4.58 Å². The molecule has 2 nitrogen and oxygen atoms in total. The Labute approximate surface area is 94.4 Å². The molecule has 0 aliphatic rings. The van der Waals surface area contributed by atoms with Crippen LogP contribution in [0.3, 0.4) is 0 Å². The van der Waals surface area contributed by atoms with Gasteiger partial charge >= 0.3 is 0 Å². The predicted octanol–water partition coefficient (Wildman–Crippen LogP) is 2.57. The minimum Gasteiger partial charge on any atom is -0.388 e. The van der Waals surface area contributed by atoms with Crippen molar-refractivity contribution in [1.82, 2.24) is 5.32 Å². The van der Waals surface area contributed by atoms with Crippen LogP contribution in [0.15, 0.2) is 22.9 Å². The molecule has 0 bridgehead atoms. The number of nitrogens with zero attached hydrogens (tertiary/aromatic N) is 1. The van der Waals surface area contributed by atoms with Gasteiger partial charge in [0.15, 0.2) is 6.21 Å². The first kappa shape index (κ1) is 13.9. The SMILES string of the molecule is CCC(=CC=[N+](C)C)C(NC)=C(C)CC. The molecule has 0 saturated heterocycles. The Balaban J connectivity index is 5.10. The summed E-state index contributed by atoms with van der Waals surface area (Å²) in [6.07, 6.45) is 6.43. The van der Waals surface area contributed by atoms with E-state index in [2.05, 4.69) is 43.0 Å². The van der Waals surface area contributed by atoms with Crippen LogP contribution in [0.1, 0.15) is 33.6 Å². The van der Waals surface area contributed by atoms with E-state index in [0.717, 1.165) is 12.8 Å². The molecule has 0 unspecified atom stereocenters.